The fourth-order valence-corrected chi connectivity index (χ4v) is 3.35. The van der Waals surface area contributed by atoms with Crippen LogP contribution in [0.5, 0.6) is 0 Å². The number of nitrogens with one attached hydrogen (secondary N) is 1. The molecular formula is C14H18N2O4S. The lowest BCUT2D eigenvalue weighted by molar-refractivity contribution is -0.140. The Balaban J connectivity index is 1.88. The zero-order valence-corrected chi connectivity index (χ0v) is 12.6. The smallest absolute Gasteiger partial charge is 0.305 e. The van der Waals surface area contributed by atoms with Gasteiger partial charge in [-0.05, 0) is 25.0 Å². The molecule has 1 aliphatic heterocycles. The summed E-state index contributed by atoms with van der Waals surface area (Å²) in [6.07, 6.45) is 2.80. The second-order valence-electron chi connectivity index (χ2n) is 4.72. The number of rotatable bonds is 6. The first-order valence-corrected chi connectivity index (χ1v) is 8.26. The number of hydrogen-bond acceptors (Lipinski definition) is 5. The summed E-state index contributed by atoms with van der Waals surface area (Å²) in [5, 5.41) is 0. The minimum Gasteiger partial charge on any atom is -0.469 e. The van der Waals surface area contributed by atoms with Crippen molar-refractivity contribution in [3.05, 3.63) is 29.8 Å². The first-order chi connectivity index (χ1) is 10.0. The molecule has 0 aliphatic carbocycles. The van der Waals surface area contributed by atoms with E-state index in [1.165, 1.54) is 7.11 Å². The molecule has 2 rings (SSSR count). The molecule has 1 aromatic rings. The SMILES string of the molecule is COC(=O)CCCCCN=C1NS(=O)(=O)c2ccccc21. The largest absolute Gasteiger partial charge is 0.469 e. The van der Waals surface area contributed by atoms with Crippen LogP contribution in [0.25, 0.3) is 0 Å². The molecule has 1 N–H and O–H groups in total. The number of ether oxygens (including phenoxy) is 1. The number of carbonyl (C=O) groups is 1. The van der Waals surface area contributed by atoms with E-state index in [0.29, 0.717) is 24.4 Å². The van der Waals surface area contributed by atoms with E-state index in [1.54, 1.807) is 24.3 Å². The molecule has 0 saturated carbocycles. The third-order valence-electron chi connectivity index (χ3n) is 3.20. The standard InChI is InChI=1S/C14H18N2O4S/c1-20-13(17)9-3-2-6-10-15-14-11-7-4-5-8-12(11)21(18,19)16-14/h4-5,7-8H,2-3,6,9-10H2,1H3,(H,15,16). The minimum absolute atomic E-state index is 0.209. The average Bonchev–Trinajstić information content (AvgIpc) is 2.74. The van der Waals surface area contributed by atoms with Gasteiger partial charge in [0.15, 0.2) is 0 Å². The Morgan fingerprint density at radius 2 is 2.00 bits per heavy atom. The van der Waals surface area contributed by atoms with Gasteiger partial charge in [-0.3, -0.25) is 14.5 Å². The molecule has 21 heavy (non-hydrogen) atoms. The van der Waals surface area contributed by atoms with Gasteiger partial charge < -0.3 is 4.74 Å². The normalized spacial score (nSPS) is 17.3. The van der Waals surface area contributed by atoms with Crippen molar-refractivity contribution < 1.29 is 17.9 Å². The van der Waals surface area contributed by atoms with Crippen LogP contribution in [-0.4, -0.2) is 33.9 Å². The van der Waals surface area contributed by atoms with Crippen molar-refractivity contribution in [1.29, 1.82) is 0 Å². The number of nitrogens with zero attached hydrogens (tertiary/aromatic N) is 1. The van der Waals surface area contributed by atoms with E-state index < -0.39 is 10.0 Å². The van der Waals surface area contributed by atoms with Crippen LogP contribution in [0.4, 0.5) is 0 Å². The Morgan fingerprint density at radius 3 is 2.76 bits per heavy atom. The molecular weight excluding hydrogens is 292 g/mol. The number of unbranched alkanes of at least 4 members (excludes halogenated alkanes) is 2. The second kappa shape index (κ2) is 6.71. The van der Waals surface area contributed by atoms with Crippen molar-refractivity contribution in [2.24, 2.45) is 4.99 Å². The van der Waals surface area contributed by atoms with Gasteiger partial charge in [-0.2, -0.15) is 0 Å². The van der Waals surface area contributed by atoms with Gasteiger partial charge >= 0.3 is 5.97 Å². The maximum absolute atomic E-state index is 11.9. The maximum Gasteiger partial charge on any atom is 0.305 e. The summed E-state index contributed by atoms with van der Waals surface area (Å²) in [7, 11) is -2.09. The van der Waals surface area contributed by atoms with Gasteiger partial charge in [0.2, 0.25) is 0 Å². The van der Waals surface area contributed by atoms with Crippen molar-refractivity contribution in [2.45, 2.75) is 30.6 Å². The zero-order valence-electron chi connectivity index (χ0n) is 11.8. The van der Waals surface area contributed by atoms with Crippen molar-refractivity contribution in [1.82, 2.24) is 4.72 Å². The lowest BCUT2D eigenvalue weighted by Crippen LogP contribution is -2.22. The number of sulfonamides is 1. The van der Waals surface area contributed by atoms with E-state index in [9.17, 15) is 13.2 Å². The number of methoxy groups -OCH3 is 1. The predicted octanol–water partition coefficient (Wildman–Crippen LogP) is 1.46. The van der Waals surface area contributed by atoms with Crippen LogP contribution in [0.15, 0.2) is 34.2 Å². The number of amidine groups is 1. The molecule has 1 aromatic carbocycles. The Labute approximate surface area is 124 Å². The Morgan fingerprint density at radius 1 is 1.24 bits per heavy atom. The Kier molecular flexibility index (Phi) is 4.95. The second-order valence-corrected chi connectivity index (χ2v) is 6.37. The Hall–Kier alpha value is -1.89. The van der Waals surface area contributed by atoms with Crippen molar-refractivity contribution in [2.75, 3.05) is 13.7 Å². The van der Waals surface area contributed by atoms with E-state index >= 15 is 0 Å². The summed E-state index contributed by atoms with van der Waals surface area (Å²) in [5.74, 6) is 0.192. The van der Waals surface area contributed by atoms with Crippen LogP contribution < -0.4 is 4.72 Å². The van der Waals surface area contributed by atoms with Gasteiger partial charge in [-0.1, -0.05) is 18.6 Å². The highest BCUT2D eigenvalue weighted by atomic mass is 32.2. The first kappa shape index (κ1) is 15.5. The van der Waals surface area contributed by atoms with Crippen LogP contribution in [0.1, 0.15) is 31.2 Å². The third-order valence-corrected chi connectivity index (χ3v) is 4.60. The molecule has 0 atom stereocenters. The van der Waals surface area contributed by atoms with E-state index in [1.807, 2.05) is 0 Å². The molecule has 0 fully saturated rings. The molecule has 114 valence electrons. The van der Waals surface area contributed by atoms with Gasteiger partial charge in [0, 0.05) is 18.5 Å². The summed E-state index contributed by atoms with van der Waals surface area (Å²) in [4.78, 5) is 15.5. The lowest BCUT2D eigenvalue weighted by atomic mass is 10.2. The van der Waals surface area contributed by atoms with E-state index in [4.69, 9.17) is 0 Å². The van der Waals surface area contributed by atoms with Gasteiger partial charge in [-0.25, -0.2) is 8.42 Å². The molecule has 7 heteroatoms. The molecule has 0 aromatic heterocycles. The van der Waals surface area contributed by atoms with E-state index in [0.717, 1.165) is 19.3 Å². The fourth-order valence-electron chi connectivity index (χ4n) is 2.10. The monoisotopic (exact) mass is 310 g/mol. The number of aliphatic imine (C=N–C) groups is 1. The van der Waals surface area contributed by atoms with E-state index in [-0.39, 0.29) is 10.9 Å². The fraction of sp³-hybridized carbons (Fsp3) is 0.429. The summed E-state index contributed by atoms with van der Waals surface area (Å²) < 4.78 is 30.7. The topological polar surface area (TPSA) is 84.8 Å². The van der Waals surface area contributed by atoms with Gasteiger partial charge in [-0.15, -0.1) is 0 Å². The summed E-state index contributed by atoms with van der Waals surface area (Å²) in [6.45, 7) is 0.521. The highest BCUT2D eigenvalue weighted by Gasteiger charge is 2.29. The molecule has 0 saturated heterocycles. The average molecular weight is 310 g/mol. The quantitative estimate of drug-likeness (QED) is 0.637. The number of carbonyl (C=O) groups excluding carboxylic acids is 1. The van der Waals surface area contributed by atoms with Gasteiger partial charge in [0.05, 0.1) is 12.0 Å². The molecule has 0 unspecified atom stereocenters. The van der Waals surface area contributed by atoms with Crippen molar-refractivity contribution in [3.63, 3.8) is 0 Å². The molecule has 0 radical (unpaired) electrons. The summed E-state index contributed by atoms with van der Waals surface area (Å²) >= 11 is 0. The summed E-state index contributed by atoms with van der Waals surface area (Å²) in [5.41, 5.74) is 0.618. The van der Waals surface area contributed by atoms with Crippen LogP contribution in [-0.2, 0) is 19.6 Å². The minimum atomic E-state index is -3.46. The number of benzene rings is 1. The number of fused-ring (bicyclic) bond motifs is 1. The highest BCUT2D eigenvalue weighted by Crippen LogP contribution is 2.22. The summed E-state index contributed by atoms with van der Waals surface area (Å²) in [6, 6.07) is 6.78. The van der Waals surface area contributed by atoms with Gasteiger partial charge in [0.1, 0.15) is 5.84 Å². The third kappa shape index (κ3) is 3.81. The zero-order chi connectivity index (χ0) is 15.3. The lowest BCUT2D eigenvalue weighted by Gasteiger charge is -2.00. The predicted molar refractivity (Wildman–Crippen MR) is 78.7 cm³/mol. The van der Waals surface area contributed by atoms with Crippen LogP contribution in [0.3, 0.4) is 0 Å². The first-order valence-electron chi connectivity index (χ1n) is 6.78. The molecule has 6 nitrogen and oxygen atoms in total. The number of hydrogen-bond donors (Lipinski definition) is 1. The van der Waals surface area contributed by atoms with Crippen molar-refractivity contribution >= 4 is 21.8 Å². The molecule has 0 bridgehead atoms. The highest BCUT2D eigenvalue weighted by molar-refractivity contribution is 7.90. The molecule has 0 amide bonds. The van der Waals surface area contributed by atoms with Gasteiger partial charge in [0.25, 0.3) is 10.0 Å². The van der Waals surface area contributed by atoms with Crippen LogP contribution in [0.2, 0.25) is 0 Å². The van der Waals surface area contributed by atoms with E-state index in [2.05, 4.69) is 14.5 Å². The van der Waals surface area contributed by atoms with Crippen LogP contribution >= 0.6 is 0 Å². The maximum atomic E-state index is 11.9. The molecule has 1 aliphatic rings. The van der Waals surface area contributed by atoms with Crippen molar-refractivity contribution in [3.8, 4) is 0 Å². The molecule has 1 heterocycles. The number of esters is 1. The van der Waals surface area contributed by atoms with Crippen LogP contribution in [0, 0.1) is 0 Å². The Bertz CT molecular complexity index is 653. The molecule has 0 spiro atoms.